The quantitative estimate of drug-likeness (QED) is 0.544. The summed E-state index contributed by atoms with van der Waals surface area (Å²) in [5.74, 6) is 0.162. The second-order valence-corrected chi connectivity index (χ2v) is 4.38. The highest BCUT2D eigenvalue weighted by Gasteiger charge is 2.05. The number of nitrogens with one attached hydrogen (secondary N) is 2. The van der Waals surface area contributed by atoms with Crippen molar-refractivity contribution in [3.63, 3.8) is 0 Å². The minimum atomic E-state index is -0.0957. The summed E-state index contributed by atoms with van der Waals surface area (Å²) in [6.07, 6.45) is 3.52. The minimum Gasteiger partial charge on any atom is -0.355 e. The Balaban J connectivity index is 2.13. The van der Waals surface area contributed by atoms with Crippen LogP contribution in [0, 0.1) is 0 Å². The summed E-state index contributed by atoms with van der Waals surface area (Å²) < 4.78 is 1.86. The van der Waals surface area contributed by atoms with Crippen molar-refractivity contribution in [2.45, 2.75) is 12.1 Å². The van der Waals surface area contributed by atoms with Crippen LogP contribution in [0.3, 0.4) is 0 Å². The molecule has 17 heavy (non-hydrogen) atoms. The average molecular weight is 256 g/mol. The Kier molecular flexibility index (Phi) is 5.55. The molecule has 0 saturated carbocycles. The first-order valence-electron chi connectivity index (χ1n) is 5.21. The lowest BCUT2D eigenvalue weighted by molar-refractivity contribution is -0.120. The van der Waals surface area contributed by atoms with Crippen molar-refractivity contribution in [2.24, 2.45) is 7.05 Å². The molecule has 0 aromatic carbocycles. The predicted molar refractivity (Wildman–Crippen MR) is 65.6 cm³/mol. The zero-order valence-electron chi connectivity index (χ0n) is 9.90. The minimum absolute atomic E-state index is 0.0663. The Morgan fingerprint density at radius 3 is 2.71 bits per heavy atom. The molecule has 0 aliphatic carbocycles. The van der Waals surface area contributed by atoms with Crippen molar-refractivity contribution in [3.8, 4) is 0 Å². The topological polar surface area (TPSA) is 76.0 Å². The van der Waals surface area contributed by atoms with Crippen molar-refractivity contribution in [3.05, 3.63) is 12.4 Å². The molecule has 1 aromatic rings. The van der Waals surface area contributed by atoms with Gasteiger partial charge in [0.2, 0.25) is 11.8 Å². The van der Waals surface area contributed by atoms with Crippen molar-refractivity contribution in [1.82, 2.24) is 20.2 Å². The van der Waals surface area contributed by atoms with E-state index in [0.717, 1.165) is 5.16 Å². The normalized spacial score (nSPS) is 10.0. The largest absolute Gasteiger partial charge is 0.355 e. The van der Waals surface area contributed by atoms with E-state index in [1.54, 1.807) is 6.20 Å². The number of hydrogen-bond donors (Lipinski definition) is 2. The first-order chi connectivity index (χ1) is 8.09. The molecule has 0 atom stereocenters. The van der Waals surface area contributed by atoms with Gasteiger partial charge in [0.05, 0.1) is 5.75 Å². The van der Waals surface area contributed by atoms with Gasteiger partial charge >= 0.3 is 0 Å². The molecule has 0 aliphatic heterocycles. The number of aryl methyl sites for hydroxylation is 1. The van der Waals surface area contributed by atoms with Gasteiger partial charge in [-0.1, -0.05) is 11.8 Å². The molecule has 6 nitrogen and oxygen atoms in total. The maximum atomic E-state index is 11.4. The third-order valence-corrected chi connectivity index (χ3v) is 2.99. The standard InChI is InChI=1S/C10H16N4O2S/c1-8(15)11-3-4-12-9(16)7-17-10-13-5-6-14(10)2/h5-6H,3-4,7H2,1-2H3,(H,11,15)(H,12,16). The van der Waals surface area contributed by atoms with Gasteiger partial charge < -0.3 is 15.2 Å². The molecule has 0 bridgehead atoms. The molecule has 2 amide bonds. The molecule has 1 heterocycles. The van der Waals surface area contributed by atoms with Crippen LogP contribution in [0.25, 0.3) is 0 Å². The smallest absolute Gasteiger partial charge is 0.230 e. The van der Waals surface area contributed by atoms with Crippen LogP contribution < -0.4 is 10.6 Å². The van der Waals surface area contributed by atoms with Crippen molar-refractivity contribution in [2.75, 3.05) is 18.8 Å². The van der Waals surface area contributed by atoms with Crippen LogP contribution >= 0.6 is 11.8 Å². The molecule has 0 radical (unpaired) electrons. The summed E-state index contributed by atoms with van der Waals surface area (Å²) >= 11 is 1.38. The summed E-state index contributed by atoms with van der Waals surface area (Å²) in [5, 5.41) is 6.12. The van der Waals surface area contributed by atoms with Gasteiger partial charge in [-0.3, -0.25) is 9.59 Å². The molecule has 0 unspecified atom stereocenters. The molecule has 0 saturated heterocycles. The van der Waals surface area contributed by atoms with E-state index in [4.69, 9.17) is 0 Å². The second-order valence-electron chi connectivity index (χ2n) is 3.44. The molecular formula is C10H16N4O2S. The van der Waals surface area contributed by atoms with Gasteiger partial charge in [0.1, 0.15) is 0 Å². The second kappa shape index (κ2) is 6.95. The number of aromatic nitrogens is 2. The van der Waals surface area contributed by atoms with Gasteiger partial charge in [0.25, 0.3) is 0 Å². The highest BCUT2D eigenvalue weighted by atomic mass is 32.2. The molecule has 0 spiro atoms. The fourth-order valence-electron chi connectivity index (χ4n) is 1.11. The van der Waals surface area contributed by atoms with Gasteiger partial charge in [-0.15, -0.1) is 0 Å². The van der Waals surface area contributed by atoms with E-state index in [9.17, 15) is 9.59 Å². The number of nitrogens with zero attached hydrogens (tertiary/aromatic N) is 2. The molecule has 1 aromatic heterocycles. The molecule has 2 N–H and O–H groups in total. The summed E-state index contributed by atoms with van der Waals surface area (Å²) in [6, 6.07) is 0. The van der Waals surface area contributed by atoms with E-state index in [2.05, 4.69) is 15.6 Å². The summed E-state index contributed by atoms with van der Waals surface area (Å²) in [7, 11) is 1.88. The Hall–Kier alpha value is -1.50. The van der Waals surface area contributed by atoms with Crippen LogP contribution in [0.4, 0.5) is 0 Å². The van der Waals surface area contributed by atoms with Gasteiger partial charge in [0.15, 0.2) is 5.16 Å². The van der Waals surface area contributed by atoms with Crippen molar-refractivity contribution in [1.29, 1.82) is 0 Å². The van der Waals surface area contributed by atoms with Crippen molar-refractivity contribution >= 4 is 23.6 Å². The Morgan fingerprint density at radius 1 is 1.41 bits per heavy atom. The van der Waals surface area contributed by atoms with Crippen LogP contribution in [0.1, 0.15) is 6.92 Å². The van der Waals surface area contributed by atoms with E-state index in [0.29, 0.717) is 18.8 Å². The number of thioether (sulfide) groups is 1. The maximum absolute atomic E-state index is 11.4. The molecule has 0 fully saturated rings. The SMILES string of the molecule is CC(=O)NCCNC(=O)CSc1nccn1C. The van der Waals surface area contributed by atoms with Crippen LogP contribution in [-0.4, -0.2) is 40.2 Å². The van der Waals surface area contributed by atoms with Crippen molar-refractivity contribution < 1.29 is 9.59 Å². The number of hydrogen-bond acceptors (Lipinski definition) is 4. The van der Waals surface area contributed by atoms with Crippen LogP contribution in [-0.2, 0) is 16.6 Å². The number of imidazole rings is 1. The lowest BCUT2D eigenvalue weighted by atomic mass is 10.5. The van der Waals surface area contributed by atoms with Crippen LogP contribution in [0.5, 0.6) is 0 Å². The molecular weight excluding hydrogens is 240 g/mol. The molecule has 7 heteroatoms. The number of amides is 2. The molecule has 94 valence electrons. The predicted octanol–water partition coefficient (Wildman–Crippen LogP) is -0.235. The van der Waals surface area contributed by atoms with Gasteiger partial charge in [-0.05, 0) is 0 Å². The third kappa shape index (κ3) is 5.39. The zero-order chi connectivity index (χ0) is 12.7. The monoisotopic (exact) mass is 256 g/mol. The third-order valence-electron chi connectivity index (χ3n) is 1.93. The van der Waals surface area contributed by atoms with E-state index in [-0.39, 0.29) is 11.8 Å². The average Bonchev–Trinajstić information content (AvgIpc) is 2.67. The van der Waals surface area contributed by atoms with E-state index < -0.39 is 0 Å². The lowest BCUT2D eigenvalue weighted by Crippen LogP contribution is -2.34. The maximum Gasteiger partial charge on any atom is 0.230 e. The Morgan fingerprint density at radius 2 is 2.12 bits per heavy atom. The lowest BCUT2D eigenvalue weighted by Gasteiger charge is -2.05. The van der Waals surface area contributed by atoms with E-state index in [1.807, 2.05) is 17.8 Å². The van der Waals surface area contributed by atoms with E-state index in [1.165, 1.54) is 18.7 Å². The first-order valence-corrected chi connectivity index (χ1v) is 6.19. The Labute approximate surface area is 104 Å². The fourth-order valence-corrected chi connectivity index (χ4v) is 1.87. The molecule has 1 rings (SSSR count). The highest BCUT2D eigenvalue weighted by Crippen LogP contribution is 2.13. The highest BCUT2D eigenvalue weighted by molar-refractivity contribution is 7.99. The van der Waals surface area contributed by atoms with Crippen LogP contribution in [0.2, 0.25) is 0 Å². The van der Waals surface area contributed by atoms with Gasteiger partial charge in [-0.25, -0.2) is 4.98 Å². The molecule has 0 aliphatic rings. The summed E-state index contributed by atoms with van der Waals surface area (Å²) in [5.41, 5.74) is 0. The van der Waals surface area contributed by atoms with E-state index >= 15 is 0 Å². The van der Waals surface area contributed by atoms with Gasteiger partial charge in [-0.2, -0.15) is 0 Å². The summed E-state index contributed by atoms with van der Waals surface area (Å²) in [6.45, 7) is 2.34. The van der Waals surface area contributed by atoms with Gasteiger partial charge in [0, 0.05) is 39.5 Å². The number of carbonyl (C=O) groups is 2. The Bertz CT molecular complexity index is 391. The van der Waals surface area contributed by atoms with Crippen LogP contribution in [0.15, 0.2) is 17.6 Å². The fraction of sp³-hybridized carbons (Fsp3) is 0.500. The zero-order valence-corrected chi connectivity index (χ0v) is 10.7. The number of rotatable bonds is 6. The summed E-state index contributed by atoms with van der Waals surface area (Å²) in [4.78, 5) is 26.1. The first kappa shape index (κ1) is 13.6. The number of carbonyl (C=O) groups excluding carboxylic acids is 2.